The third kappa shape index (κ3) is 4.27. The van der Waals surface area contributed by atoms with Crippen molar-refractivity contribution in [1.82, 2.24) is 0 Å². The van der Waals surface area contributed by atoms with Gasteiger partial charge in [0.2, 0.25) is 0 Å². The summed E-state index contributed by atoms with van der Waals surface area (Å²) in [6, 6.07) is 0. The van der Waals surface area contributed by atoms with Crippen molar-refractivity contribution >= 4 is 15.8 Å². The maximum absolute atomic E-state index is 11.1. The molecule has 0 heterocycles. The molecule has 82 valence electrons. The number of esters is 1. The van der Waals surface area contributed by atoms with Crippen molar-refractivity contribution in [2.45, 2.75) is 13.8 Å². The third-order valence-corrected chi connectivity index (χ3v) is 2.29. The lowest BCUT2D eigenvalue weighted by atomic mass is 10.6. The predicted molar refractivity (Wildman–Crippen MR) is 51.2 cm³/mol. The maximum Gasteiger partial charge on any atom is 0.352 e. The first-order chi connectivity index (χ1) is 6.43. The molecule has 0 aromatic carbocycles. The summed E-state index contributed by atoms with van der Waals surface area (Å²) in [6.07, 6.45) is 1.84. The molecular weight excluding hydrogens is 208 g/mol. The second-order valence-electron chi connectivity index (χ2n) is 2.43. The summed E-state index contributed by atoms with van der Waals surface area (Å²) in [4.78, 5) is 10.7. The van der Waals surface area contributed by atoms with E-state index in [4.69, 9.17) is 4.74 Å². The first-order valence-corrected chi connectivity index (χ1v) is 6.01. The van der Waals surface area contributed by atoms with Crippen LogP contribution in [0.5, 0.6) is 0 Å². The van der Waals surface area contributed by atoms with Crippen molar-refractivity contribution in [3.63, 3.8) is 0 Å². The van der Waals surface area contributed by atoms with Crippen molar-refractivity contribution < 1.29 is 22.7 Å². The van der Waals surface area contributed by atoms with Crippen LogP contribution in [0.2, 0.25) is 0 Å². The van der Waals surface area contributed by atoms with E-state index in [1.807, 2.05) is 0 Å². The molecule has 0 aliphatic rings. The summed E-state index contributed by atoms with van der Waals surface area (Å²) >= 11 is 0. The molecule has 6 heteroatoms. The van der Waals surface area contributed by atoms with Gasteiger partial charge in [-0.1, -0.05) is 0 Å². The Morgan fingerprint density at radius 3 is 2.21 bits per heavy atom. The zero-order valence-electron chi connectivity index (χ0n) is 8.44. The Morgan fingerprint density at radius 2 is 1.86 bits per heavy atom. The predicted octanol–water partition coefficient (Wildman–Crippen LogP) is 0.472. The normalized spacial score (nSPS) is 12.4. The van der Waals surface area contributed by atoms with Crippen LogP contribution < -0.4 is 0 Å². The molecule has 0 N–H and O–H groups in total. The van der Waals surface area contributed by atoms with E-state index in [1.54, 1.807) is 13.8 Å². The van der Waals surface area contributed by atoms with Crippen LogP contribution in [-0.2, 0) is 24.1 Å². The van der Waals surface area contributed by atoms with Gasteiger partial charge >= 0.3 is 5.97 Å². The molecule has 0 fully saturated rings. The smallest absolute Gasteiger partial charge is 0.352 e. The van der Waals surface area contributed by atoms with Gasteiger partial charge in [-0.05, 0) is 13.8 Å². The summed E-state index contributed by atoms with van der Waals surface area (Å²) in [5.74, 6) is -0.886. The highest BCUT2D eigenvalue weighted by Crippen LogP contribution is 2.07. The SMILES string of the molecule is CCOC=C(C(=O)OCC)S(C)(=O)=O. The largest absolute Gasteiger partial charge is 0.500 e. The quantitative estimate of drug-likeness (QED) is 0.384. The minimum Gasteiger partial charge on any atom is -0.500 e. The number of hydrogen-bond donors (Lipinski definition) is 0. The van der Waals surface area contributed by atoms with Gasteiger partial charge in [-0.15, -0.1) is 0 Å². The van der Waals surface area contributed by atoms with Gasteiger partial charge in [0, 0.05) is 6.26 Å². The summed E-state index contributed by atoms with van der Waals surface area (Å²) in [5, 5.41) is 0. The highest BCUT2D eigenvalue weighted by molar-refractivity contribution is 7.95. The second-order valence-corrected chi connectivity index (χ2v) is 4.41. The minimum atomic E-state index is -3.60. The Bertz CT molecular complexity index is 315. The van der Waals surface area contributed by atoms with Gasteiger partial charge in [-0.3, -0.25) is 0 Å². The lowest BCUT2D eigenvalue weighted by Crippen LogP contribution is -2.15. The van der Waals surface area contributed by atoms with Crippen LogP contribution in [0, 0.1) is 0 Å². The van der Waals surface area contributed by atoms with E-state index in [-0.39, 0.29) is 6.61 Å². The van der Waals surface area contributed by atoms with Crippen molar-refractivity contribution in [3.05, 3.63) is 11.2 Å². The molecule has 0 aliphatic heterocycles. The van der Waals surface area contributed by atoms with Gasteiger partial charge in [0.05, 0.1) is 13.2 Å². The molecule has 0 radical (unpaired) electrons. The lowest BCUT2D eigenvalue weighted by Gasteiger charge is -2.04. The maximum atomic E-state index is 11.1. The Labute approximate surface area is 83.6 Å². The summed E-state index contributed by atoms with van der Waals surface area (Å²) < 4.78 is 31.5. The van der Waals surface area contributed by atoms with Crippen LogP contribution in [0.1, 0.15) is 13.8 Å². The van der Waals surface area contributed by atoms with Crippen LogP contribution in [0.4, 0.5) is 0 Å². The summed E-state index contributed by atoms with van der Waals surface area (Å²) in [6.45, 7) is 3.69. The number of carbonyl (C=O) groups excluding carboxylic acids is 1. The van der Waals surface area contributed by atoms with E-state index >= 15 is 0 Å². The highest BCUT2D eigenvalue weighted by Gasteiger charge is 2.22. The minimum absolute atomic E-state index is 0.123. The van der Waals surface area contributed by atoms with E-state index in [9.17, 15) is 13.2 Å². The van der Waals surface area contributed by atoms with Crippen molar-refractivity contribution in [2.75, 3.05) is 19.5 Å². The molecule has 0 atom stereocenters. The van der Waals surface area contributed by atoms with E-state index in [2.05, 4.69) is 4.74 Å². The van der Waals surface area contributed by atoms with Crippen LogP contribution in [0.15, 0.2) is 11.2 Å². The fraction of sp³-hybridized carbons (Fsp3) is 0.625. The Kier molecular flexibility index (Phi) is 5.22. The Balaban J connectivity index is 4.84. The van der Waals surface area contributed by atoms with Crippen LogP contribution in [0.25, 0.3) is 0 Å². The molecule has 0 amide bonds. The van der Waals surface area contributed by atoms with Gasteiger partial charge in [-0.25, -0.2) is 13.2 Å². The first-order valence-electron chi connectivity index (χ1n) is 4.12. The molecule has 0 rings (SSSR count). The van der Waals surface area contributed by atoms with Gasteiger partial charge in [0.15, 0.2) is 14.7 Å². The van der Waals surface area contributed by atoms with Gasteiger partial charge < -0.3 is 9.47 Å². The molecule has 0 bridgehead atoms. The Morgan fingerprint density at radius 1 is 1.29 bits per heavy atom. The van der Waals surface area contributed by atoms with E-state index in [1.165, 1.54) is 0 Å². The molecule has 0 unspecified atom stereocenters. The molecule has 0 saturated heterocycles. The molecule has 0 aromatic rings. The monoisotopic (exact) mass is 222 g/mol. The van der Waals surface area contributed by atoms with Gasteiger partial charge in [0.25, 0.3) is 0 Å². The van der Waals surface area contributed by atoms with E-state index in [0.29, 0.717) is 6.61 Å². The van der Waals surface area contributed by atoms with Crippen molar-refractivity contribution in [3.8, 4) is 0 Å². The van der Waals surface area contributed by atoms with Crippen molar-refractivity contribution in [1.29, 1.82) is 0 Å². The standard InChI is InChI=1S/C8H14O5S/c1-4-12-6-7(14(3,10)11)8(9)13-5-2/h6H,4-5H2,1-3H3. The molecule has 0 aliphatic carbocycles. The summed E-state index contributed by atoms with van der Waals surface area (Å²) in [7, 11) is -3.60. The lowest BCUT2D eigenvalue weighted by molar-refractivity contribution is -0.137. The van der Waals surface area contributed by atoms with E-state index < -0.39 is 20.7 Å². The average Bonchev–Trinajstić information content (AvgIpc) is 2.03. The number of ether oxygens (including phenoxy) is 2. The van der Waals surface area contributed by atoms with Crippen LogP contribution in [0.3, 0.4) is 0 Å². The number of rotatable bonds is 5. The number of hydrogen-bond acceptors (Lipinski definition) is 5. The second kappa shape index (κ2) is 5.64. The number of sulfone groups is 1. The zero-order chi connectivity index (χ0) is 11.2. The van der Waals surface area contributed by atoms with Gasteiger partial charge in [-0.2, -0.15) is 0 Å². The molecule has 0 spiro atoms. The van der Waals surface area contributed by atoms with Crippen LogP contribution >= 0.6 is 0 Å². The molecule has 5 nitrogen and oxygen atoms in total. The fourth-order valence-corrected chi connectivity index (χ4v) is 1.25. The Hall–Kier alpha value is -1.04. The topological polar surface area (TPSA) is 69.7 Å². The first kappa shape index (κ1) is 13.0. The van der Waals surface area contributed by atoms with Gasteiger partial charge in [0.1, 0.15) is 6.26 Å². The molecule has 0 saturated carbocycles. The molecular formula is C8H14O5S. The third-order valence-electron chi connectivity index (χ3n) is 1.23. The van der Waals surface area contributed by atoms with Crippen LogP contribution in [-0.4, -0.2) is 33.9 Å². The summed E-state index contributed by atoms with van der Waals surface area (Å²) in [5.41, 5.74) is 0. The number of carbonyl (C=O) groups is 1. The average molecular weight is 222 g/mol. The molecule has 14 heavy (non-hydrogen) atoms. The molecule has 0 aromatic heterocycles. The van der Waals surface area contributed by atoms with Crippen molar-refractivity contribution in [2.24, 2.45) is 0 Å². The zero-order valence-corrected chi connectivity index (χ0v) is 9.26. The fourth-order valence-electron chi connectivity index (χ4n) is 0.648. The van der Waals surface area contributed by atoms with E-state index in [0.717, 1.165) is 12.5 Å². The highest BCUT2D eigenvalue weighted by atomic mass is 32.2.